The van der Waals surface area contributed by atoms with Crippen LogP contribution in [-0.4, -0.2) is 5.78 Å². The highest BCUT2D eigenvalue weighted by Crippen LogP contribution is 2.66. The van der Waals surface area contributed by atoms with Crippen LogP contribution in [0.1, 0.15) is 83.3 Å². The van der Waals surface area contributed by atoms with Gasteiger partial charge in [0.1, 0.15) is 5.78 Å². The number of Topliss-reactive ketones (excluding diaryl/α,β-unsaturated/α-hetero) is 1. The average molecular weight is 354 g/mol. The molecule has 1 aromatic rings. The maximum absolute atomic E-state index is 13.5. The first-order valence-electron chi connectivity index (χ1n) is 10.9. The maximum Gasteiger partial charge on any atom is 0.145 e. The molecule has 0 bridgehead atoms. The van der Waals surface area contributed by atoms with Gasteiger partial charge in [-0.3, -0.25) is 4.79 Å². The second-order valence-electron chi connectivity index (χ2n) is 9.39. The molecule has 4 aliphatic rings. The van der Waals surface area contributed by atoms with Crippen molar-refractivity contribution in [2.45, 2.75) is 84.1 Å². The molecule has 0 aliphatic heterocycles. The van der Waals surface area contributed by atoms with E-state index in [0.29, 0.717) is 17.6 Å². The molecule has 2 N–H and O–H groups in total. The number of carbonyl (C=O) groups excluding carboxylic acids is 1. The van der Waals surface area contributed by atoms with E-state index in [2.05, 4.69) is 31.2 Å². The molecular formula is C24H35NO. The third-order valence-electron chi connectivity index (χ3n) is 8.44. The molecule has 5 rings (SSSR count). The van der Waals surface area contributed by atoms with Gasteiger partial charge in [0.05, 0.1) is 0 Å². The molecular weight excluding hydrogens is 318 g/mol. The lowest BCUT2D eigenvalue weighted by atomic mass is 9.52. The predicted molar refractivity (Wildman–Crippen MR) is 107 cm³/mol. The third-order valence-corrected chi connectivity index (χ3v) is 8.44. The lowest BCUT2D eigenvalue weighted by Gasteiger charge is -2.54. The molecule has 0 heterocycles. The number of benzene rings is 1. The molecule has 0 aromatic heterocycles. The van der Waals surface area contributed by atoms with E-state index < -0.39 is 0 Å². The summed E-state index contributed by atoms with van der Waals surface area (Å²) in [6, 6.07) is 8.79. The highest BCUT2D eigenvalue weighted by Gasteiger charge is 2.66. The van der Waals surface area contributed by atoms with Gasteiger partial charge in [-0.1, -0.05) is 57.9 Å². The van der Waals surface area contributed by atoms with Crippen molar-refractivity contribution < 1.29 is 4.79 Å². The van der Waals surface area contributed by atoms with Crippen molar-refractivity contribution in [2.24, 2.45) is 28.4 Å². The fraction of sp³-hybridized carbons (Fsp3) is 0.708. The molecule has 142 valence electrons. The van der Waals surface area contributed by atoms with Crippen LogP contribution in [0, 0.1) is 22.7 Å². The Bertz CT molecular complexity index is 704. The van der Waals surface area contributed by atoms with E-state index >= 15 is 0 Å². The second-order valence-corrected chi connectivity index (χ2v) is 9.39. The van der Waals surface area contributed by atoms with Gasteiger partial charge in [0.25, 0.3) is 0 Å². The molecule has 4 atom stereocenters. The van der Waals surface area contributed by atoms with Gasteiger partial charge < -0.3 is 5.73 Å². The average Bonchev–Trinajstić information content (AvgIpc) is 3.23. The Morgan fingerprint density at radius 3 is 2.42 bits per heavy atom. The summed E-state index contributed by atoms with van der Waals surface area (Å²) in [7, 11) is 0. The molecule has 0 saturated heterocycles. The molecule has 0 radical (unpaired) electrons. The Balaban J connectivity index is 0.000000814. The molecule has 1 aromatic carbocycles. The van der Waals surface area contributed by atoms with E-state index in [1.165, 1.54) is 24.0 Å². The van der Waals surface area contributed by atoms with Crippen molar-refractivity contribution in [3.63, 3.8) is 0 Å². The standard InChI is InChI=1S/C22H29NO.C2H6/c1-20-12-13-22(23)16-7-3-2-6-15(16)8-9-17(22)18(20)14-21(19(20)24)10-4-5-11-21;1-2/h2-3,6-7,17-18H,4-5,8-14,23H2,1H3;1-2H3/t17-,18-,20-,22-;/m0./s1. The zero-order valence-electron chi connectivity index (χ0n) is 16.8. The highest BCUT2D eigenvalue weighted by atomic mass is 16.1. The van der Waals surface area contributed by atoms with Crippen LogP contribution in [0.2, 0.25) is 0 Å². The van der Waals surface area contributed by atoms with E-state index in [1.807, 2.05) is 13.8 Å². The lowest BCUT2D eigenvalue weighted by molar-refractivity contribution is -0.136. The first kappa shape index (κ1) is 18.2. The van der Waals surface area contributed by atoms with Crippen molar-refractivity contribution in [2.75, 3.05) is 0 Å². The zero-order valence-corrected chi connectivity index (χ0v) is 16.8. The number of hydrogen-bond donors (Lipinski definition) is 1. The highest BCUT2D eigenvalue weighted by molar-refractivity contribution is 5.93. The Labute approximate surface area is 158 Å². The maximum atomic E-state index is 13.5. The monoisotopic (exact) mass is 353 g/mol. The number of hydrogen-bond acceptors (Lipinski definition) is 2. The van der Waals surface area contributed by atoms with Gasteiger partial charge in [-0.2, -0.15) is 0 Å². The van der Waals surface area contributed by atoms with Crippen LogP contribution in [0.3, 0.4) is 0 Å². The fourth-order valence-corrected chi connectivity index (χ4v) is 7.19. The number of carbonyl (C=O) groups is 1. The smallest absolute Gasteiger partial charge is 0.145 e. The van der Waals surface area contributed by atoms with Gasteiger partial charge in [0, 0.05) is 16.4 Å². The first-order valence-corrected chi connectivity index (χ1v) is 10.9. The van der Waals surface area contributed by atoms with Crippen LogP contribution < -0.4 is 5.73 Å². The normalized spacial score (nSPS) is 39.6. The van der Waals surface area contributed by atoms with Crippen LogP contribution in [0.15, 0.2) is 24.3 Å². The Morgan fingerprint density at radius 2 is 1.69 bits per heavy atom. The molecule has 4 aliphatic carbocycles. The molecule has 1 spiro atoms. The first-order chi connectivity index (χ1) is 12.5. The van der Waals surface area contributed by atoms with Gasteiger partial charge in [0.2, 0.25) is 0 Å². The van der Waals surface area contributed by atoms with Crippen molar-refractivity contribution in [3.8, 4) is 0 Å². The molecule has 3 fully saturated rings. The summed E-state index contributed by atoms with van der Waals surface area (Å²) in [6.07, 6.45) is 10.1. The topological polar surface area (TPSA) is 43.1 Å². The van der Waals surface area contributed by atoms with Crippen LogP contribution in [0.4, 0.5) is 0 Å². The minimum absolute atomic E-state index is 0.0155. The number of fused-ring (bicyclic) bond motifs is 5. The Hall–Kier alpha value is -1.15. The zero-order chi connectivity index (χ0) is 18.6. The molecule has 3 saturated carbocycles. The van der Waals surface area contributed by atoms with Gasteiger partial charge >= 0.3 is 0 Å². The Kier molecular flexibility index (Phi) is 4.34. The largest absolute Gasteiger partial charge is 0.321 e. The molecule has 26 heavy (non-hydrogen) atoms. The second kappa shape index (κ2) is 6.19. The quantitative estimate of drug-likeness (QED) is 0.680. The molecule has 2 heteroatoms. The summed E-state index contributed by atoms with van der Waals surface area (Å²) < 4.78 is 0. The number of nitrogens with two attached hydrogens (primary N) is 1. The fourth-order valence-electron chi connectivity index (χ4n) is 7.19. The van der Waals surface area contributed by atoms with Crippen molar-refractivity contribution in [3.05, 3.63) is 35.4 Å². The van der Waals surface area contributed by atoms with Gasteiger partial charge in [0.15, 0.2) is 0 Å². The van der Waals surface area contributed by atoms with Gasteiger partial charge in [-0.15, -0.1) is 0 Å². The van der Waals surface area contributed by atoms with E-state index in [9.17, 15) is 4.79 Å². The molecule has 2 nitrogen and oxygen atoms in total. The summed E-state index contributed by atoms with van der Waals surface area (Å²) in [5.41, 5.74) is 9.64. The van der Waals surface area contributed by atoms with E-state index in [4.69, 9.17) is 5.73 Å². The lowest BCUT2D eigenvalue weighted by Crippen LogP contribution is -2.57. The summed E-state index contributed by atoms with van der Waals surface area (Å²) in [6.45, 7) is 6.28. The van der Waals surface area contributed by atoms with E-state index in [-0.39, 0.29) is 16.4 Å². The molecule has 0 amide bonds. The minimum atomic E-state index is -0.205. The van der Waals surface area contributed by atoms with Crippen LogP contribution in [-0.2, 0) is 16.8 Å². The summed E-state index contributed by atoms with van der Waals surface area (Å²) >= 11 is 0. The van der Waals surface area contributed by atoms with E-state index in [0.717, 1.165) is 44.9 Å². The van der Waals surface area contributed by atoms with Crippen LogP contribution >= 0.6 is 0 Å². The predicted octanol–water partition coefficient (Wildman–Crippen LogP) is 5.38. The third kappa shape index (κ3) is 2.24. The van der Waals surface area contributed by atoms with Crippen molar-refractivity contribution in [1.82, 2.24) is 0 Å². The number of rotatable bonds is 0. The van der Waals surface area contributed by atoms with E-state index in [1.54, 1.807) is 0 Å². The van der Waals surface area contributed by atoms with Gasteiger partial charge in [-0.25, -0.2) is 0 Å². The summed E-state index contributed by atoms with van der Waals surface area (Å²) in [5.74, 6) is 1.59. The van der Waals surface area contributed by atoms with Crippen LogP contribution in [0.5, 0.6) is 0 Å². The summed E-state index contributed by atoms with van der Waals surface area (Å²) in [5, 5.41) is 0. The number of aryl methyl sites for hydroxylation is 1. The molecule has 0 unspecified atom stereocenters. The van der Waals surface area contributed by atoms with Crippen LogP contribution in [0.25, 0.3) is 0 Å². The minimum Gasteiger partial charge on any atom is -0.321 e. The van der Waals surface area contributed by atoms with Gasteiger partial charge in [-0.05, 0) is 67.9 Å². The van der Waals surface area contributed by atoms with Crippen molar-refractivity contribution >= 4 is 5.78 Å². The Morgan fingerprint density at radius 1 is 1.00 bits per heavy atom. The summed E-state index contributed by atoms with van der Waals surface area (Å²) in [4.78, 5) is 13.5. The van der Waals surface area contributed by atoms with Crippen molar-refractivity contribution in [1.29, 1.82) is 0 Å². The SMILES string of the molecule is CC.C[C@]12CC[C@]3(N)c4ccccc4CC[C@H]3[C@@H]1CC1(CCCC1)C2=O. The number of ketones is 1.